The number of hydrogen-bond donors (Lipinski definition) is 2. The molecule has 0 radical (unpaired) electrons. The number of benzene rings is 2. The molecular weight excluding hydrogens is 259 g/mol. The monoisotopic (exact) mass is 272 g/mol. The standard InChI is InChI=1S/C15H13FN2O2/c1-9-6-7-10(8-12(9)16)15(20)18-13-5-3-2-4-11(13)14(17)19/h2-8H,1H3,(H2,17,19)(H,18,20). The SMILES string of the molecule is Cc1ccc(C(=O)Nc2ccccc2C(N)=O)cc1F. The molecule has 0 heterocycles. The predicted octanol–water partition coefficient (Wildman–Crippen LogP) is 2.49. The third-order valence-electron chi connectivity index (χ3n) is 2.87. The average Bonchev–Trinajstić information content (AvgIpc) is 2.42. The van der Waals surface area contributed by atoms with E-state index in [1.54, 1.807) is 25.1 Å². The van der Waals surface area contributed by atoms with Gasteiger partial charge in [0.25, 0.3) is 11.8 Å². The van der Waals surface area contributed by atoms with Crippen LogP contribution in [0, 0.1) is 12.7 Å². The van der Waals surface area contributed by atoms with Gasteiger partial charge in [-0.3, -0.25) is 9.59 Å². The molecule has 0 aliphatic carbocycles. The largest absolute Gasteiger partial charge is 0.366 e. The van der Waals surface area contributed by atoms with Crippen LogP contribution in [0.15, 0.2) is 42.5 Å². The Morgan fingerprint density at radius 2 is 1.85 bits per heavy atom. The number of amides is 2. The number of rotatable bonds is 3. The number of anilines is 1. The zero-order chi connectivity index (χ0) is 14.7. The molecule has 2 amide bonds. The molecule has 0 unspecified atom stereocenters. The van der Waals surface area contributed by atoms with Gasteiger partial charge in [-0.2, -0.15) is 0 Å². The lowest BCUT2D eigenvalue weighted by molar-refractivity contribution is 0.100. The smallest absolute Gasteiger partial charge is 0.255 e. The molecule has 4 nitrogen and oxygen atoms in total. The zero-order valence-corrected chi connectivity index (χ0v) is 10.8. The number of carbonyl (C=O) groups is 2. The van der Waals surface area contributed by atoms with Crippen LogP contribution >= 0.6 is 0 Å². The highest BCUT2D eigenvalue weighted by molar-refractivity contribution is 6.08. The maximum absolute atomic E-state index is 13.4. The van der Waals surface area contributed by atoms with Gasteiger partial charge in [0.1, 0.15) is 5.82 Å². The molecule has 0 saturated carbocycles. The molecule has 2 aromatic rings. The Labute approximate surface area is 115 Å². The molecule has 0 saturated heterocycles. The molecule has 0 fully saturated rings. The van der Waals surface area contributed by atoms with Crippen LogP contribution in [0.1, 0.15) is 26.3 Å². The Kier molecular flexibility index (Phi) is 3.79. The lowest BCUT2D eigenvalue weighted by Gasteiger charge is -2.09. The van der Waals surface area contributed by atoms with Crippen LogP contribution in [-0.4, -0.2) is 11.8 Å². The van der Waals surface area contributed by atoms with E-state index in [-0.39, 0.29) is 11.1 Å². The molecule has 0 bridgehead atoms. The van der Waals surface area contributed by atoms with Crippen molar-refractivity contribution in [3.05, 3.63) is 65.0 Å². The van der Waals surface area contributed by atoms with Crippen LogP contribution in [0.3, 0.4) is 0 Å². The minimum atomic E-state index is -0.643. The fraction of sp³-hybridized carbons (Fsp3) is 0.0667. The summed E-state index contributed by atoms with van der Waals surface area (Å²) in [5.74, 6) is -1.60. The lowest BCUT2D eigenvalue weighted by atomic mass is 10.1. The van der Waals surface area contributed by atoms with E-state index in [9.17, 15) is 14.0 Å². The predicted molar refractivity (Wildman–Crippen MR) is 74.1 cm³/mol. The van der Waals surface area contributed by atoms with E-state index in [1.807, 2.05) is 0 Å². The molecule has 0 aromatic heterocycles. The van der Waals surface area contributed by atoms with Crippen molar-refractivity contribution >= 4 is 17.5 Å². The number of halogens is 1. The first-order valence-electron chi connectivity index (χ1n) is 5.95. The first-order valence-corrected chi connectivity index (χ1v) is 5.95. The molecule has 0 spiro atoms. The van der Waals surface area contributed by atoms with Crippen LogP contribution in [-0.2, 0) is 0 Å². The first-order chi connectivity index (χ1) is 9.49. The van der Waals surface area contributed by atoms with Gasteiger partial charge in [0.15, 0.2) is 0 Å². The zero-order valence-electron chi connectivity index (χ0n) is 10.8. The molecule has 5 heteroatoms. The molecule has 2 aromatic carbocycles. The molecule has 2 rings (SSSR count). The summed E-state index contributed by atoms with van der Waals surface area (Å²) in [7, 11) is 0. The van der Waals surface area contributed by atoms with Gasteiger partial charge >= 0.3 is 0 Å². The second-order valence-corrected chi connectivity index (χ2v) is 4.33. The Balaban J connectivity index is 2.28. The van der Waals surface area contributed by atoms with Crippen LogP contribution in [0.5, 0.6) is 0 Å². The first kappa shape index (κ1) is 13.7. The number of primary amides is 1. The summed E-state index contributed by atoms with van der Waals surface area (Å²) in [6.07, 6.45) is 0. The van der Waals surface area contributed by atoms with Gasteiger partial charge in [0.05, 0.1) is 11.3 Å². The van der Waals surface area contributed by atoms with Gasteiger partial charge in [-0.1, -0.05) is 18.2 Å². The molecular formula is C15H13FN2O2. The van der Waals surface area contributed by atoms with Crippen LogP contribution in [0.2, 0.25) is 0 Å². The van der Waals surface area contributed by atoms with Gasteiger partial charge in [-0.15, -0.1) is 0 Å². The van der Waals surface area contributed by atoms with Crippen molar-refractivity contribution in [2.45, 2.75) is 6.92 Å². The van der Waals surface area contributed by atoms with Gasteiger partial charge in [0, 0.05) is 5.56 Å². The number of hydrogen-bond acceptors (Lipinski definition) is 2. The Morgan fingerprint density at radius 3 is 2.50 bits per heavy atom. The van der Waals surface area contributed by atoms with E-state index < -0.39 is 17.6 Å². The van der Waals surface area contributed by atoms with Crippen molar-refractivity contribution in [2.75, 3.05) is 5.32 Å². The summed E-state index contributed by atoms with van der Waals surface area (Å²) in [6.45, 7) is 1.61. The van der Waals surface area contributed by atoms with Crippen molar-refractivity contribution in [2.24, 2.45) is 5.73 Å². The van der Waals surface area contributed by atoms with Crippen molar-refractivity contribution < 1.29 is 14.0 Å². The summed E-state index contributed by atoms with van der Waals surface area (Å²) in [5, 5.41) is 2.55. The van der Waals surface area contributed by atoms with E-state index in [0.29, 0.717) is 11.3 Å². The van der Waals surface area contributed by atoms with E-state index in [1.165, 1.54) is 18.2 Å². The second-order valence-electron chi connectivity index (χ2n) is 4.33. The summed E-state index contributed by atoms with van der Waals surface area (Å²) >= 11 is 0. The van der Waals surface area contributed by atoms with Crippen LogP contribution < -0.4 is 11.1 Å². The quantitative estimate of drug-likeness (QED) is 0.901. The Morgan fingerprint density at radius 1 is 1.15 bits per heavy atom. The third kappa shape index (κ3) is 2.83. The van der Waals surface area contributed by atoms with Gasteiger partial charge in [0.2, 0.25) is 0 Å². The summed E-state index contributed by atoms with van der Waals surface area (Å²) < 4.78 is 13.4. The molecule has 0 aliphatic heterocycles. The minimum Gasteiger partial charge on any atom is -0.366 e. The summed E-state index contributed by atoms with van der Waals surface area (Å²) in [4.78, 5) is 23.3. The highest BCUT2D eigenvalue weighted by Crippen LogP contribution is 2.16. The van der Waals surface area contributed by atoms with E-state index in [0.717, 1.165) is 6.07 Å². The number of nitrogens with two attached hydrogens (primary N) is 1. The van der Waals surface area contributed by atoms with E-state index in [2.05, 4.69) is 5.32 Å². The Bertz CT molecular complexity index is 683. The molecule has 0 aliphatic rings. The number of aryl methyl sites for hydroxylation is 1. The topological polar surface area (TPSA) is 72.2 Å². The molecule has 20 heavy (non-hydrogen) atoms. The number of nitrogens with one attached hydrogen (secondary N) is 1. The van der Waals surface area contributed by atoms with Gasteiger partial charge in [-0.05, 0) is 36.8 Å². The van der Waals surface area contributed by atoms with Gasteiger partial charge < -0.3 is 11.1 Å². The second kappa shape index (κ2) is 5.52. The molecule has 102 valence electrons. The van der Waals surface area contributed by atoms with Crippen LogP contribution in [0.25, 0.3) is 0 Å². The highest BCUT2D eigenvalue weighted by atomic mass is 19.1. The summed E-state index contributed by atoms with van der Waals surface area (Å²) in [6, 6.07) is 10.6. The lowest BCUT2D eigenvalue weighted by Crippen LogP contribution is -2.18. The minimum absolute atomic E-state index is 0.173. The summed E-state index contributed by atoms with van der Waals surface area (Å²) in [5.41, 5.74) is 6.35. The normalized spacial score (nSPS) is 10.1. The van der Waals surface area contributed by atoms with Crippen LogP contribution in [0.4, 0.5) is 10.1 Å². The fourth-order valence-electron chi connectivity index (χ4n) is 1.74. The van der Waals surface area contributed by atoms with Crippen molar-refractivity contribution in [3.8, 4) is 0 Å². The molecule has 0 atom stereocenters. The van der Waals surface area contributed by atoms with Crippen molar-refractivity contribution in [1.29, 1.82) is 0 Å². The van der Waals surface area contributed by atoms with Crippen molar-refractivity contribution in [1.82, 2.24) is 0 Å². The maximum Gasteiger partial charge on any atom is 0.255 e. The van der Waals surface area contributed by atoms with Crippen molar-refractivity contribution in [3.63, 3.8) is 0 Å². The number of carbonyl (C=O) groups excluding carboxylic acids is 2. The maximum atomic E-state index is 13.4. The third-order valence-corrected chi connectivity index (χ3v) is 2.87. The Hall–Kier alpha value is -2.69. The highest BCUT2D eigenvalue weighted by Gasteiger charge is 2.12. The fourth-order valence-corrected chi connectivity index (χ4v) is 1.74. The average molecular weight is 272 g/mol. The van der Waals surface area contributed by atoms with Gasteiger partial charge in [-0.25, -0.2) is 4.39 Å². The number of para-hydroxylation sites is 1. The molecule has 3 N–H and O–H groups in total. The van der Waals surface area contributed by atoms with E-state index in [4.69, 9.17) is 5.73 Å². The van der Waals surface area contributed by atoms with E-state index >= 15 is 0 Å².